The van der Waals surface area contributed by atoms with E-state index in [0.29, 0.717) is 18.7 Å². The van der Waals surface area contributed by atoms with Gasteiger partial charge in [0, 0.05) is 25.6 Å². The van der Waals surface area contributed by atoms with Gasteiger partial charge in [0.25, 0.3) is 0 Å². The molecule has 1 amide bonds. The van der Waals surface area contributed by atoms with Gasteiger partial charge in [0.2, 0.25) is 5.91 Å². The fraction of sp³-hybridized carbons (Fsp3) is 0.500. The van der Waals surface area contributed by atoms with Crippen molar-refractivity contribution in [1.29, 1.82) is 0 Å². The predicted octanol–water partition coefficient (Wildman–Crippen LogP) is 2.71. The highest BCUT2D eigenvalue weighted by Gasteiger charge is 2.34. The van der Waals surface area contributed by atoms with Crippen LogP contribution in [-0.2, 0) is 17.5 Å². The second-order valence-electron chi connectivity index (χ2n) is 4.93. The summed E-state index contributed by atoms with van der Waals surface area (Å²) in [6.45, 7) is 4.49. The van der Waals surface area contributed by atoms with E-state index in [0.717, 1.165) is 12.1 Å². The Morgan fingerprint density at radius 2 is 1.90 bits per heavy atom. The molecule has 1 rings (SSSR count). The molecule has 21 heavy (non-hydrogen) atoms. The van der Waals surface area contributed by atoms with Crippen LogP contribution in [0.2, 0.25) is 0 Å². The molecular formula is C14H18F4N2O. The standard InChI is InChI=1S/C14H18F4N2O/c1-9(2)13(21)20-6-5-19-8-10-3-4-12(15)11(7-10)14(16,17)18/h3-4,7,9,19H,5-6,8H2,1-2H3,(H,20,21). The molecule has 0 radical (unpaired) electrons. The van der Waals surface area contributed by atoms with E-state index in [1.165, 1.54) is 6.07 Å². The Labute approximate surface area is 120 Å². The van der Waals surface area contributed by atoms with E-state index in [1.807, 2.05) is 0 Å². The van der Waals surface area contributed by atoms with E-state index < -0.39 is 17.6 Å². The van der Waals surface area contributed by atoms with Crippen molar-refractivity contribution in [3.63, 3.8) is 0 Å². The molecule has 3 nitrogen and oxygen atoms in total. The first-order chi connectivity index (χ1) is 9.71. The van der Waals surface area contributed by atoms with Crippen molar-refractivity contribution in [3.8, 4) is 0 Å². The third-order valence-corrected chi connectivity index (χ3v) is 2.79. The zero-order valence-electron chi connectivity index (χ0n) is 11.9. The predicted molar refractivity (Wildman–Crippen MR) is 71.0 cm³/mol. The van der Waals surface area contributed by atoms with E-state index in [1.54, 1.807) is 13.8 Å². The molecule has 0 aliphatic carbocycles. The molecular weight excluding hydrogens is 288 g/mol. The van der Waals surface area contributed by atoms with Crippen molar-refractivity contribution in [1.82, 2.24) is 10.6 Å². The molecule has 0 aliphatic rings. The largest absolute Gasteiger partial charge is 0.419 e. The molecule has 0 unspecified atom stereocenters. The Hall–Kier alpha value is -1.63. The third kappa shape index (κ3) is 5.71. The average molecular weight is 306 g/mol. The molecule has 0 aliphatic heterocycles. The van der Waals surface area contributed by atoms with Crippen molar-refractivity contribution < 1.29 is 22.4 Å². The fourth-order valence-electron chi connectivity index (χ4n) is 1.61. The van der Waals surface area contributed by atoms with Crippen LogP contribution in [0.25, 0.3) is 0 Å². The van der Waals surface area contributed by atoms with E-state index >= 15 is 0 Å². The smallest absolute Gasteiger partial charge is 0.355 e. The molecule has 0 bridgehead atoms. The highest BCUT2D eigenvalue weighted by molar-refractivity contribution is 5.77. The van der Waals surface area contributed by atoms with Crippen LogP contribution in [0.15, 0.2) is 18.2 Å². The monoisotopic (exact) mass is 306 g/mol. The zero-order chi connectivity index (χ0) is 16.0. The summed E-state index contributed by atoms with van der Waals surface area (Å²) in [6, 6.07) is 2.89. The van der Waals surface area contributed by atoms with Crippen LogP contribution in [0.3, 0.4) is 0 Å². The lowest BCUT2D eigenvalue weighted by Crippen LogP contribution is -2.34. The second-order valence-corrected chi connectivity index (χ2v) is 4.93. The Morgan fingerprint density at radius 3 is 2.48 bits per heavy atom. The molecule has 0 fully saturated rings. The molecule has 0 spiro atoms. The second kappa shape index (κ2) is 7.40. The third-order valence-electron chi connectivity index (χ3n) is 2.79. The summed E-state index contributed by atoms with van der Waals surface area (Å²) in [5.74, 6) is -1.48. The van der Waals surface area contributed by atoms with E-state index in [9.17, 15) is 22.4 Å². The molecule has 118 valence electrons. The van der Waals surface area contributed by atoms with Crippen molar-refractivity contribution >= 4 is 5.91 Å². The van der Waals surface area contributed by atoms with Crippen LogP contribution in [0.1, 0.15) is 25.0 Å². The van der Waals surface area contributed by atoms with Gasteiger partial charge in [-0.1, -0.05) is 19.9 Å². The van der Waals surface area contributed by atoms with E-state index in [4.69, 9.17) is 0 Å². The summed E-state index contributed by atoms with van der Waals surface area (Å²) in [5.41, 5.74) is -0.936. The van der Waals surface area contributed by atoms with Gasteiger partial charge in [-0.25, -0.2) is 4.39 Å². The molecule has 0 saturated carbocycles. The Balaban J connectivity index is 2.45. The Kier molecular flexibility index (Phi) is 6.14. The minimum atomic E-state index is -4.70. The van der Waals surface area contributed by atoms with Gasteiger partial charge in [-0.2, -0.15) is 13.2 Å². The number of benzene rings is 1. The highest BCUT2D eigenvalue weighted by Crippen LogP contribution is 2.31. The molecule has 0 heterocycles. The molecule has 0 aromatic heterocycles. The number of hydrogen-bond donors (Lipinski definition) is 2. The molecule has 7 heteroatoms. The van der Waals surface area contributed by atoms with Gasteiger partial charge in [0.05, 0.1) is 5.56 Å². The molecule has 0 saturated heterocycles. The van der Waals surface area contributed by atoms with E-state index in [-0.39, 0.29) is 18.4 Å². The van der Waals surface area contributed by atoms with Crippen LogP contribution in [0.4, 0.5) is 17.6 Å². The molecule has 1 aromatic carbocycles. The quantitative estimate of drug-likeness (QED) is 0.627. The average Bonchev–Trinajstić information content (AvgIpc) is 2.38. The van der Waals surface area contributed by atoms with Gasteiger partial charge in [0.1, 0.15) is 5.82 Å². The topological polar surface area (TPSA) is 41.1 Å². The minimum Gasteiger partial charge on any atom is -0.355 e. The summed E-state index contributed by atoms with van der Waals surface area (Å²) in [5, 5.41) is 5.56. The van der Waals surface area contributed by atoms with Gasteiger partial charge in [-0.3, -0.25) is 4.79 Å². The van der Waals surface area contributed by atoms with Crippen LogP contribution in [0, 0.1) is 11.7 Å². The van der Waals surface area contributed by atoms with Crippen molar-refractivity contribution in [2.24, 2.45) is 5.92 Å². The first-order valence-electron chi connectivity index (χ1n) is 6.56. The first-order valence-corrected chi connectivity index (χ1v) is 6.56. The summed E-state index contributed by atoms with van der Waals surface area (Å²) >= 11 is 0. The lowest BCUT2D eigenvalue weighted by molar-refractivity contribution is -0.140. The highest BCUT2D eigenvalue weighted by atomic mass is 19.4. The maximum absolute atomic E-state index is 13.1. The lowest BCUT2D eigenvalue weighted by Gasteiger charge is -2.11. The summed E-state index contributed by atoms with van der Waals surface area (Å²) in [4.78, 5) is 11.3. The van der Waals surface area contributed by atoms with Crippen LogP contribution in [0.5, 0.6) is 0 Å². The summed E-state index contributed by atoms with van der Waals surface area (Å²) in [6.07, 6.45) is -4.70. The van der Waals surface area contributed by atoms with Crippen LogP contribution >= 0.6 is 0 Å². The normalized spacial score (nSPS) is 11.8. The number of rotatable bonds is 6. The number of hydrogen-bond acceptors (Lipinski definition) is 2. The number of alkyl halides is 3. The van der Waals surface area contributed by atoms with Gasteiger partial charge >= 0.3 is 6.18 Å². The van der Waals surface area contributed by atoms with E-state index in [2.05, 4.69) is 10.6 Å². The van der Waals surface area contributed by atoms with Crippen molar-refractivity contribution in [2.75, 3.05) is 13.1 Å². The Morgan fingerprint density at radius 1 is 1.24 bits per heavy atom. The number of carbonyl (C=O) groups excluding carboxylic acids is 1. The lowest BCUT2D eigenvalue weighted by atomic mass is 10.1. The molecule has 1 aromatic rings. The summed E-state index contributed by atoms with van der Waals surface area (Å²) < 4.78 is 50.7. The zero-order valence-corrected chi connectivity index (χ0v) is 11.9. The maximum Gasteiger partial charge on any atom is 0.419 e. The minimum absolute atomic E-state index is 0.0852. The van der Waals surface area contributed by atoms with Gasteiger partial charge in [-0.15, -0.1) is 0 Å². The van der Waals surface area contributed by atoms with Crippen molar-refractivity contribution in [3.05, 3.63) is 35.1 Å². The first kappa shape index (κ1) is 17.4. The number of halogens is 4. The van der Waals surface area contributed by atoms with Gasteiger partial charge in [0.15, 0.2) is 0 Å². The maximum atomic E-state index is 13.1. The fourth-order valence-corrected chi connectivity index (χ4v) is 1.61. The summed E-state index contributed by atoms with van der Waals surface area (Å²) in [7, 11) is 0. The SMILES string of the molecule is CC(C)C(=O)NCCNCc1ccc(F)c(C(F)(F)F)c1. The van der Waals surface area contributed by atoms with Gasteiger partial charge < -0.3 is 10.6 Å². The van der Waals surface area contributed by atoms with Crippen LogP contribution < -0.4 is 10.6 Å². The number of nitrogens with one attached hydrogen (secondary N) is 2. The Bertz CT molecular complexity index is 486. The van der Waals surface area contributed by atoms with Gasteiger partial charge in [-0.05, 0) is 17.7 Å². The molecule has 0 atom stereocenters. The number of amides is 1. The molecule has 2 N–H and O–H groups in total. The van der Waals surface area contributed by atoms with Crippen molar-refractivity contribution in [2.45, 2.75) is 26.6 Å². The number of carbonyl (C=O) groups is 1. The van der Waals surface area contributed by atoms with Crippen LogP contribution in [-0.4, -0.2) is 19.0 Å².